The van der Waals surface area contributed by atoms with Gasteiger partial charge in [0.1, 0.15) is 5.52 Å². The summed E-state index contributed by atoms with van der Waals surface area (Å²) in [5.74, 6) is 0. The molecule has 0 amide bonds. The van der Waals surface area contributed by atoms with Crippen LogP contribution in [0.25, 0.3) is 11.1 Å². The molecule has 1 aliphatic heterocycles. The standard InChI is InChI=1S/C13H17N3O2/c1-13(5-2-6-17-13)8-15-12-16-10-4-3-9(14)7-11(10)18-12/h3-4,7H,2,5-6,8,14H2,1H3,(H,15,16). The van der Waals surface area contributed by atoms with Crippen LogP contribution in [-0.4, -0.2) is 23.7 Å². The normalized spacial score (nSPS) is 23.6. The topological polar surface area (TPSA) is 73.3 Å². The number of fused-ring (bicyclic) bond motifs is 1. The number of aromatic nitrogens is 1. The van der Waals surface area contributed by atoms with Crippen molar-refractivity contribution in [3.8, 4) is 0 Å². The first kappa shape index (κ1) is 11.3. The minimum atomic E-state index is -0.111. The molecule has 1 unspecified atom stereocenters. The predicted molar refractivity (Wildman–Crippen MR) is 70.5 cm³/mol. The largest absolute Gasteiger partial charge is 0.423 e. The number of ether oxygens (including phenoxy) is 1. The van der Waals surface area contributed by atoms with Gasteiger partial charge in [0.05, 0.1) is 5.60 Å². The van der Waals surface area contributed by atoms with Gasteiger partial charge >= 0.3 is 0 Å². The lowest BCUT2D eigenvalue weighted by molar-refractivity contribution is 0.0311. The van der Waals surface area contributed by atoms with Gasteiger partial charge in [0.25, 0.3) is 6.01 Å². The fraction of sp³-hybridized carbons (Fsp3) is 0.462. The van der Waals surface area contributed by atoms with E-state index >= 15 is 0 Å². The molecule has 0 aliphatic carbocycles. The first-order valence-corrected chi connectivity index (χ1v) is 6.19. The van der Waals surface area contributed by atoms with E-state index in [9.17, 15) is 0 Å². The highest BCUT2D eigenvalue weighted by Crippen LogP contribution is 2.26. The van der Waals surface area contributed by atoms with Crippen molar-refractivity contribution in [2.75, 3.05) is 24.2 Å². The Bertz CT molecular complexity index is 558. The number of oxazole rings is 1. The van der Waals surface area contributed by atoms with Crippen molar-refractivity contribution in [2.24, 2.45) is 0 Å². The van der Waals surface area contributed by atoms with Gasteiger partial charge in [-0.3, -0.25) is 0 Å². The van der Waals surface area contributed by atoms with Gasteiger partial charge in [0.2, 0.25) is 0 Å². The van der Waals surface area contributed by atoms with Crippen molar-refractivity contribution in [3.05, 3.63) is 18.2 Å². The molecule has 1 atom stereocenters. The van der Waals surface area contributed by atoms with Gasteiger partial charge in [-0.2, -0.15) is 4.98 Å². The average molecular weight is 247 g/mol. The molecule has 2 aromatic rings. The number of benzene rings is 1. The lowest BCUT2D eigenvalue weighted by Crippen LogP contribution is -2.32. The fourth-order valence-electron chi connectivity index (χ4n) is 2.26. The summed E-state index contributed by atoms with van der Waals surface area (Å²) in [6.45, 7) is 3.64. The minimum absolute atomic E-state index is 0.111. The molecular weight excluding hydrogens is 230 g/mol. The molecule has 0 saturated carbocycles. The van der Waals surface area contributed by atoms with Crippen molar-refractivity contribution < 1.29 is 9.15 Å². The maximum absolute atomic E-state index is 5.70. The summed E-state index contributed by atoms with van der Waals surface area (Å²) >= 11 is 0. The molecule has 5 heteroatoms. The van der Waals surface area contributed by atoms with Gasteiger partial charge in [-0.25, -0.2) is 0 Å². The van der Waals surface area contributed by atoms with Crippen LogP contribution in [0.3, 0.4) is 0 Å². The fourth-order valence-corrected chi connectivity index (χ4v) is 2.26. The first-order valence-electron chi connectivity index (χ1n) is 6.19. The Hall–Kier alpha value is -1.75. The van der Waals surface area contributed by atoms with Crippen molar-refractivity contribution >= 4 is 22.8 Å². The van der Waals surface area contributed by atoms with E-state index in [0.717, 1.165) is 25.0 Å². The Morgan fingerprint density at radius 2 is 2.39 bits per heavy atom. The number of nitrogens with one attached hydrogen (secondary N) is 1. The first-order chi connectivity index (χ1) is 8.65. The van der Waals surface area contributed by atoms with Crippen molar-refractivity contribution in [1.82, 2.24) is 4.98 Å². The van der Waals surface area contributed by atoms with Crippen LogP contribution >= 0.6 is 0 Å². The Labute approximate surface area is 105 Å². The molecule has 0 bridgehead atoms. The molecule has 3 rings (SSSR count). The van der Waals surface area contributed by atoms with Crippen molar-refractivity contribution in [2.45, 2.75) is 25.4 Å². The summed E-state index contributed by atoms with van der Waals surface area (Å²) in [6.07, 6.45) is 2.18. The maximum Gasteiger partial charge on any atom is 0.295 e. The predicted octanol–water partition coefficient (Wildman–Crippen LogP) is 2.39. The van der Waals surface area contributed by atoms with Gasteiger partial charge in [-0.1, -0.05) is 0 Å². The molecule has 0 radical (unpaired) electrons. The van der Waals surface area contributed by atoms with E-state index in [1.807, 2.05) is 12.1 Å². The number of hydrogen-bond acceptors (Lipinski definition) is 5. The second-order valence-electron chi connectivity index (χ2n) is 5.00. The van der Waals surface area contributed by atoms with E-state index < -0.39 is 0 Å². The van der Waals surface area contributed by atoms with E-state index in [0.29, 0.717) is 23.8 Å². The highest BCUT2D eigenvalue weighted by Gasteiger charge is 2.29. The van der Waals surface area contributed by atoms with Gasteiger partial charge in [0, 0.05) is 24.9 Å². The van der Waals surface area contributed by atoms with Crippen LogP contribution in [0.15, 0.2) is 22.6 Å². The highest BCUT2D eigenvalue weighted by atomic mass is 16.5. The molecule has 5 nitrogen and oxygen atoms in total. The SMILES string of the molecule is CC1(CNc2nc3ccc(N)cc3o2)CCCO1. The zero-order valence-electron chi connectivity index (χ0n) is 10.4. The van der Waals surface area contributed by atoms with Crippen molar-refractivity contribution in [1.29, 1.82) is 0 Å². The van der Waals surface area contributed by atoms with E-state index in [1.54, 1.807) is 6.07 Å². The quantitative estimate of drug-likeness (QED) is 0.815. The zero-order valence-corrected chi connectivity index (χ0v) is 10.4. The van der Waals surface area contributed by atoms with Crippen LogP contribution in [0.5, 0.6) is 0 Å². The van der Waals surface area contributed by atoms with Crippen molar-refractivity contribution in [3.63, 3.8) is 0 Å². The van der Waals surface area contributed by atoms with Crippen LogP contribution in [0, 0.1) is 0 Å². The lowest BCUT2D eigenvalue weighted by atomic mass is 10.0. The molecule has 1 saturated heterocycles. The van der Waals surface area contributed by atoms with Gasteiger partial charge in [-0.05, 0) is 31.9 Å². The Morgan fingerprint density at radius 1 is 1.50 bits per heavy atom. The number of hydrogen-bond donors (Lipinski definition) is 2. The third-order valence-electron chi connectivity index (χ3n) is 3.33. The summed E-state index contributed by atoms with van der Waals surface area (Å²) in [7, 11) is 0. The molecule has 18 heavy (non-hydrogen) atoms. The summed E-state index contributed by atoms with van der Waals surface area (Å²) < 4.78 is 11.3. The smallest absolute Gasteiger partial charge is 0.295 e. The molecule has 2 heterocycles. The number of nitrogens with zero attached hydrogens (tertiary/aromatic N) is 1. The molecule has 3 N–H and O–H groups in total. The van der Waals surface area contributed by atoms with Crippen LogP contribution in [0.1, 0.15) is 19.8 Å². The molecular formula is C13H17N3O2. The molecule has 1 aliphatic rings. The summed E-state index contributed by atoms with van der Waals surface area (Å²) in [5.41, 5.74) is 7.78. The van der Waals surface area contributed by atoms with Crippen LogP contribution < -0.4 is 11.1 Å². The Balaban J connectivity index is 1.74. The van der Waals surface area contributed by atoms with E-state index in [4.69, 9.17) is 14.9 Å². The second-order valence-corrected chi connectivity index (χ2v) is 5.00. The van der Waals surface area contributed by atoms with Crippen LogP contribution in [-0.2, 0) is 4.74 Å². The van der Waals surface area contributed by atoms with Gasteiger partial charge in [0.15, 0.2) is 5.58 Å². The zero-order chi connectivity index (χ0) is 12.6. The van der Waals surface area contributed by atoms with E-state index in [1.165, 1.54) is 0 Å². The Morgan fingerprint density at radius 3 is 3.17 bits per heavy atom. The van der Waals surface area contributed by atoms with E-state index in [-0.39, 0.29) is 5.60 Å². The molecule has 0 spiro atoms. The van der Waals surface area contributed by atoms with E-state index in [2.05, 4.69) is 17.2 Å². The maximum atomic E-state index is 5.70. The number of nitrogen functional groups attached to an aromatic ring is 1. The molecule has 1 fully saturated rings. The summed E-state index contributed by atoms with van der Waals surface area (Å²) in [6, 6.07) is 5.97. The number of anilines is 2. The Kier molecular flexibility index (Phi) is 2.63. The highest BCUT2D eigenvalue weighted by molar-refractivity contribution is 5.78. The third kappa shape index (κ3) is 2.13. The molecule has 1 aromatic heterocycles. The lowest BCUT2D eigenvalue weighted by Gasteiger charge is -2.22. The molecule has 96 valence electrons. The van der Waals surface area contributed by atoms with Gasteiger partial charge < -0.3 is 20.2 Å². The van der Waals surface area contributed by atoms with Crippen LogP contribution in [0.4, 0.5) is 11.7 Å². The van der Waals surface area contributed by atoms with Gasteiger partial charge in [-0.15, -0.1) is 0 Å². The second kappa shape index (κ2) is 4.17. The summed E-state index contributed by atoms with van der Waals surface area (Å²) in [4.78, 5) is 4.36. The molecule has 1 aromatic carbocycles. The number of nitrogens with two attached hydrogens (primary N) is 1. The average Bonchev–Trinajstić information content (AvgIpc) is 2.93. The number of rotatable bonds is 3. The monoisotopic (exact) mass is 247 g/mol. The minimum Gasteiger partial charge on any atom is -0.423 e. The summed E-state index contributed by atoms with van der Waals surface area (Å²) in [5, 5.41) is 3.19. The van der Waals surface area contributed by atoms with Crippen LogP contribution in [0.2, 0.25) is 0 Å². The third-order valence-corrected chi connectivity index (χ3v) is 3.33.